The van der Waals surface area contributed by atoms with E-state index in [4.69, 9.17) is 9.47 Å². The Morgan fingerprint density at radius 3 is 2.59 bits per heavy atom. The SMILES string of the molecule is CCCOCCOC(C)CNc1ccccc1. The smallest absolute Gasteiger partial charge is 0.0720 e. The van der Waals surface area contributed by atoms with Crippen LogP contribution in [0, 0.1) is 0 Å². The molecular formula is C14H23NO2. The van der Waals surface area contributed by atoms with Gasteiger partial charge in [0.15, 0.2) is 0 Å². The number of para-hydroxylation sites is 1. The van der Waals surface area contributed by atoms with Crippen LogP contribution >= 0.6 is 0 Å². The molecule has 0 aliphatic carbocycles. The van der Waals surface area contributed by atoms with Crippen LogP contribution in [0.3, 0.4) is 0 Å². The summed E-state index contributed by atoms with van der Waals surface area (Å²) in [5, 5.41) is 3.33. The zero-order valence-electron chi connectivity index (χ0n) is 10.8. The third kappa shape index (κ3) is 6.97. The molecule has 0 spiro atoms. The Balaban J connectivity index is 2.03. The maximum absolute atomic E-state index is 5.62. The van der Waals surface area contributed by atoms with Crippen molar-refractivity contribution >= 4 is 5.69 Å². The van der Waals surface area contributed by atoms with E-state index < -0.39 is 0 Å². The second-order valence-electron chi connectivity index (χ2n) is 4.04. The van der Waals surface area contributed by atoms with Crippen molar-refractivity contribution in [1.29, 1.82) is 0 Å². The Morgan fingerprint density at radius 1 is 1.12 bits per heavy atom. The summed E-state index contributed by atoms with van der Waals surface area (Å²) < 4.78 is 11.0. The van der Waals surface area contributed by atoms with Crippen LogP contribution in [-0.4, -0.2) is 32.5 Å². The van der Waals surface area contributed by atoms with Crippen molar-refractivity contribution in [3.8, 4) is 0 Å². The average Bonchev–Trinajstić information content (AvgIpc) is 2.37. The molecule has 0 bridgehead atoms. The minimum Gasteiger partial charge on any atom is -0.382 e. The van der Waals surface area contributed by atoms with Crippen LogP contribution in [0.5, 0.6) is 0 Å². The summed E-state index contributed by atoms with van der Waals surface area (Å²) in [4.78, 5) is 0. The molecule has 96 valence electrons. The molecule has 1 aromatic carbocycles. The first-order valence-electron chi connectivity index (χ1n) is 6.31. The second kappa shape index (κ2) is 9.02. The van der Waals surface area contributed by atoms with Crippen LogP contribution in [-0.2, 0) is 9.47 Å². The highest BCUT2D eigenvalue weighted by molar-refractivity contribution is 5.42. The van der Waals surface area contributed by atoms with E-state index in [-0.39, 0.29) is 6.10 Å². The van der Waals surface area contributed by atoms with Crippen molar-refractivity contribution in [2.45, 2.75) is 26.4 Å². The average molecular weight is 237 g/mol. The Labute approximate surface area is 104 Å². The molecule has 17 heavy (non-hydrogen) atoms. The van der Waals surface area contributed by atoms with Crippen molar-refractivity contribution in [3.63, 3.8) is 0 Å². The summed E-state index contributed by atoms with van der Waals surface area (Å²) in [6.07, 6.45) is 1.26. The molecule has 0 radical (unpaired) electrons. The Kier molecular flexibility index (Phi) is 7.43. The van der Waals surface area contributed by atoms with E-state index in [2.05, 4.69) is 31.3 Å². The topological polar surface area (TPSA) is 30.5 Å². The molecule has 1 aromatic rings. The largest absolute Gasteiger partial charge is 0.382 e. The Hall–Kier alpha value is -1.06. The van der Waals surface area contributed by atoms with Crippen molar-refractivity contribution in [3.05, 3.63) is 30.3 Å². The monoisotopic (exact) mass is 237 g/mol. The van der Waals surface area contributed by atoms with Gasteiger partial charge in [-0.15, -0.1) is 0 Å². The minimum absolute atomic E-state index is 0.195. The quantitative estimate of drug-likeness (QED) is 0.670. The van der Waals surface area contributed by atoms with Crippen molar-refractivity contribution in [1.82, 2.24) is 0 Å². The highest BCUT2D eigenvalue weighted by Crippen LogP contribution is 2.05. The van der Waals surface area contributed by atoms with Crippen LogP contribution in [0.2, 0.25) is 0 Å². The van der Waals surface area contributed by atoms with Crippen LogP contribution in [0.1, 0.15) is 20.3 Å². The van der Waals surface area contributed by atoms with Crippen molar-refractivity contribution in [2.24, 2.45) is 0 Å². The molecule has 0 saturated carbocycles. The fourth-order valence-corrected chi connectivity index (χ4v) is 1.43. The molecule has 3 heteroatoms. The van der Waals surface area contributed by atoms with Gasteiger partial charge in [0, 0.05) is 18.8 Å². The molecule has 0 aliphatic heterocycles. The van der Waals surface area contributed by atoms with Gasteiger partial charge in [0.05, 0.1) is 19.3 Å². The van der Waals surface area contributed by atoms with E-state index in [1.54, 1.807) is 0 Å². The molecule has 0 saturated heterocycles. The summed E-state index contributed by atoms with van der Waals surface area (Å²) in [6, 6.07) is 10.2. The van der Waals surface area contributed by atoms with Crippen molar-refractivity contribution < 1.29 is 9.47 Å². The molecule has 1 unspecified atom stereocenters. The highest BCUT2D eigenvalue weighted by atomic mass is 16.5. The molecule has 0 amide bonds. The lowest BCUT2D eigenvalue weighted by Gasteiger charge is -2.14. The summed E-state index contributed by atoms with van der Waals surface area (Å²) in [5.74, 6) is 0. The molecule has 3 nitrogen and oxygen atoms in total. The van der Waals surface area contributed by atoms with Gasteiger partial charge < -0.3 is 14.8 Å². The number of hydrogen-bond acceptors (Lipinski definition) is 3. The van der Waals surface area contributed by atoms with Crippen LogP contribution < -0.4 is 5.32 Å². The second-order valence-corrected chi connectivity index (χ2v) is 4.04. The van der Waals surface area contributed by atoms with Gasteiger partial charge >= 0.3 is 0 Å². The lowest BCUT2D eigenvalue weighted by atomic mass is 10.3. The molecular weight excluding hydrogens is 214 g/mol. The number of ether oxygens (including phenoxy) is 2. The summed E-state index contributed by atoms with van der Waals surface area (Å²) in [5.41, 5.74) is 1.13. The predicted molar refractivity (Wildman–Crippen MR) is 71.5 cm³/mol. The normalized spacial score (nSPS) is 12.4. The molecule has 0 aromatic heterocycles. The molecule has 1 rings (SSSR count). The third-order valence-corrected chi connectivity index (χ3v) is 2.35. The zero-order chi connectivity index (χ0) is 12.3. The number of benzene rings is 1. The Bertz CT molecular complexity index is 277. The summed E-state index contributed by atoms with van der Waals surface area (Å²) >= 11 is 0. The minimum atomic E-state index is 0.195. The van der Waals surface area contributed by atoms with E-state index in [1.807, 2.05) is 18.2 Å². The van der Waals surface area contributed by atoms with Gasteiger partial charge in [-0.2, -0.15) is 0 Å². The van der Waals surface area contributed by atoms with Gasteiger partial charge in [0.25, 0.3) is 0 Å². The fraction of sp³-hybridized carbons (Fsp3) is 0.571. The van der Waals surface area contributed by atoms with E-state index in [9.17, 15) is 0 Å². The van der Waals surface area contributed by atoms with Crippen LogP contribution in [0.15, 0.2) is 30.3 Å². The van der Waals surface area contributed by atoms with E-state index in [1.165, 1.54) is 0 Å². The summed E-state index contributed by atoms with van der Waals surface area (Å²) in [7, 11) is 0. The van der Waals surface area contributed by atoms with E-state index >= 15 is 0 Å². The van der Waals surface area contributed by atoms with Crippen molar-refractivity contribution in [2.75, 3.05) is 31.7 Å². The zero-order valence-corrected chi connectivity index (χ0v) is 10.8. The first-order valence-corrected chi connectivity index (χ1v) is 6.31. The lowest BCUT2D eigenvalue weighted by Crippen LogP contribution is -2.21. The van der Waals surface area contributed by atoms with Crippen LogP contribution in [0.25, 0.3) is 0 Å². The first kappa shape index (κ1) is 14.0. The number of hydrogen-bond donors (Lipinski definition) is 1. The van der Waals surface area contributed by atoms with E-state index in [0.29, 0.717) is 13.2 Å². The molecule has 0 heterocycles. The van der Waals surface area contributed by atoms with Gasteiger partial charge in [-0.05, 0) is 25.5 Å². The van der Waals surface area contributed by atoms with Gasteiger partial charge in [-0.25, -0.2) is 0 Å². The maximum Gasteiger partial charge on any atom is 0.0720 e. The molecule has 0 fully saturated rings. The standard InChI is InChI=1S/C14H23NO2/c1-3-9-16-10-11-17-13(2)12-15-14-7-5-4-6-8-14/h4-8,13,15H,3,9-12H2,1-2H3. The van der Waals surface area contributed by atoms with Gasteiger partial charge in [-0.1, -0.05) is 25.1 Å². The van der Waals surface area contributed by atoms with Gasteiger partial charge in [0.1, 0.15) is 0 Å². The lowest BCUT2D eigenvalue weighted by molar-refractivity contribution is 0.0176. The molecule has 0 aliphatic rings. The summed E-state index contributed by atoms with van der Waals surface area (Å²) in [6.45, 7) is 7.15. The number of anilines is 1. The number of nitrogens with one attached hydrogen (secondary N) is 1. The maximum atomic E-state index is 5.62. The number of rotatable bonds is 9. The predicted octanol–water partition coefficient (Wildman–Crippen LogP) is 2.93. The van der Waals surface area contributed by atoms with E-state index in [0.717, 1.165) is 25.3 Å². The highest BCUT2D eigenvalue weighted by Gasteiger charge is 2.01. The molecule has 1 N–H and O–H groups in total. The van der Waals surface area contributed by atoms with Gasteiger partial charge in [0.2, 0.25) is 0 Å². The fourth-order valence-electron chi connectivity index (χ4n) is 1.43. The van der Waals surface area contributed by atoms with Gasteiger partial charge in [-0.3, -0.25) is 0 Å². The first-order chi connectivity index (χ1) is 8.33. The Morgan fingerprint density at radius 2 is 1.88 bits per heavy atom. The third-order valence-electron chi connectivity index (χ3n) is 2.35. The van der Waals surface area contributed by atoms with Crippen LogP contribution in [0.4, 0.5) is 5.69 Å². The molecule has 1 atom stereocenters.